The lowest BCUT2D eigenvalue weighted by molar-refractivity contribution is -0.0107. The molecule has 1 fully saturated rings. The number of hydrogen-bond donors (Lipinski definition) is 1. The number of nitrogens with one attached hydrogen (secondary N) is 1. The van der Waals surface area contributed by atoms with Gasteiger partial charge in [-0.1, -0.05) is 13.8 Å². The molecule has 0 spiro atoms. The van der Waals surface area contributed by atoms with Gasteiger partial charge in [-0.25, -0.2) is 4.98 Å². The van der Waals surface area contributed by atoms with E-state index < -0.39 is 0 Å². The van der Waals surface area contributed by atoms with Crippen LogP contribution in [0.2, 0.25) is 0 Å². The highest BCUT2D eigenvalue weighted by Crippen LogP contribution is 2.43. The molecule has 124 valence electrons. The fourth-order valence-corrected chi connectivity index (χ4v) is 4.07. The molecular weight excluding hydrogens is 310 g/mol. The van der Waals surface area contributed by atoms with Crippen LogP contribution in [-0.4, -0.2) is 51.8 Å². The standard InChI is InChI=1S/C16H23N5OS/c1-16(2)12(6-13(16)20(3)4)19-14(22)11-9-23-15(18-11)10-7-17-21(5)8-10/h7-9,12-13H,6H2,1-5H3,(H,19,22). The van der Waals surface area contributed by atoms with E-state index in [0.717, 1.165) is 17.0 Å². The van der Waals surface area contributed by atoms with E-state index in [1.54, 1.807) is 10.9 Å². The normalized spacial score (nSPS) is 22.9. The maximum atomic E-state index is 12.5. The molecule has 1 aliphatic rings. The highest BCUT2D eigenvalue weighted by atomic mass is 32.1. The van der Waals surface area contributed by atoms with Crippen LogP contribution >= 0.6 is 11.3 Å². The molecule has 23 heavy (non-hydrogen) atoms. The van der Waals surface area contributed by atoms with Gasteiger partial charge in [0.2, 0.25) is 0 Å². The van der Waals surface area contributed by atoms with Crippen LogP contribution < -0.4 is 5.32 Å². The zero-order valence-corrected chi connectivity index (χ0v) is 15.0. The van der Waals surface area contributed by atoms with E-state index >= 15 is 0 Å². The molecule has 0 aromatic carbocycles. The number of nitrogens with zero attached hydrogens (tertiary/aromatic N) is 4. The van der Waals surface area contributed by atoms with Gasteiger partial charge in [-0.05, 0) is 20.5 Å². The van der Waals surface area contributed by atoms with Gasteiger partial charge in [0.25, 0.3) is 5.91 Å². The summed E-state index contributed by atoms with van der Waals surface area (Å²) in [6.45, 7) is 4.41. The first kappa shape index (κ1) is 16.1. The van der Waals surface area contributed by atoms with Crippen LogP contribution in [0.4, 0.5) is 0 Å². The van der Waals surface area contributed by atoms with E-state index in [9.17, 15) is 4.79 Å². The third kappa shape index (κ3) is 2.90. The first-order valence-corrected chi connectivity index (χ1v) is 8.59. The van der Waals surface area contributed by atoms with E-state index in [1.165, 1.54) is 11.3 Å². The molecule has 1 N–H and O–H groups in total. The van der Waals surface area contributed by atoms with Crippen LogP contribution in [0.15, 0.2) is 17.8 Å². The number of carbonyl (C=O) groups excluding carboxylic acids is 1. The summed E-state index contributed by atoms with van der Waals surface area (Å²) in [5.41, 5.74) is 1.49. The maximum Gasteiger partial charge on any atom is 0.271 e. The van der Waals surface area contributed by atoms with Gasteiger partial charge in [0.05, 0.1) is 6.20 Å². The van der Waals surface area contributed by atoms with Gasteiger partial charge >= 0.3 is 0 Å². The number of aromatic nitrogens is 3. The molecule has 0 bridgehead atoms. The molecule has 3 rings (SSSR count). The fourth-order valence-electron chi connectivity index (χ4n) is 3.30. The van der Waals surface area contributed by atoms with Crippen LogP contribution in [0.25, 0.3) is 10.6 Å². The highest BCUT2D eigenvalue weighted by Gasteiger charge is 2.49. The smallest absolute Gasteiger partial charge is 0.271 e. The van der Waals surface area contributed by atoms with Crippen molar-refractivity contribution in [2.75, 3.05) is 14.1 Å². The number of aryl methyl sites for hydroxylation is 1. The van der Waals surface area contributed by atoms with Gasteiger partial charge in [0, 0.05) is 41.7 Å². The Labute approximate surface area is 140 Å². The van der Waals surface area contributed by atoms with E-state index in [0.29, 0.717) is 11.7 Å². The lowest BCUT2D eigenvalue weighted by Crippen LogP contribution is -2.65. The minimum atomic E-state index is -0.0910. The van der Waals surface area contributed by atoms with Gasteiger partial charge in [0.1, 0.15) is 10.7 Å². The monoisotopic (exact) mass is 333 g/mol. The topological polar surface area (TPSA) is 63.1 Å². The van der Waals surface area contributed by atoms with E-state index in [4.69, 9.17) is 0 Å². The van der Waals surface area contributed by atoms with Crippen molar-refractivity contribution in [1.82, 2.24) is 25.0 Å². The van der Waals surface area contributed by atoms with Gasteiger partial charge in [0.15, 0.2) is 0 Å². The molecule has 1 amide bonds. The Balaban J connectivity index is 1.67. The van der Waals surface area contributed by atoms with Crippen molar-refractivity contribution in [2.24, 2.45) is 12.5 Å². The number of carbonyl (C=O) groups is 1. The van der Waals surface area contributed by atoms with Crippen molar-refractivity contribution < 1.29 is 4.79 Å². The molecule has 0 saturated heterocycles. The Morgan fingerprint density at radius 2 is 2.22 bits per heavy atom. The molecule has 1 saturated carbocycles. The largest absolute Gasteiger partial charge is 0.347 e. The van der Waals surface area contributed by atoms with Gasteiger partial charge in [-0.2, -0.15) is 5.10 Å². The fraction of sp³-hybridized carbons (Fsp3) is 0.562. The molecule has 2 aromatic rings. The minimum Gasteiger partial charge on any atom is -0.347 e. The number of hydrogen-bond acceptors (Lipinski definition) is 5. The van der Waals surface area contributed by atoms with Gasteiger partial charge in [-0.3, -0.25) is 9.48 Å². The molecule has 0 radical (unpaired) electrons. The van der Waals surface area contributed by atoms with Crippen molar-refractivity contribution in [2.45, 2.75) is 32.4 Å². The Morgan fingerprint density at radius 3 is 2.78 bits per heavy atom. The Bertz CT molecular complexity index is 718. The lowest BCUT2D eigenvalue weighted by Gasteiger charge is -2.54. The summed E-state index contributed by atoms with van der Waals surface area (Å²) in [6, 6.07) is 0.681. The van der Waals surface area contributed by atoms with Crippen LogP contribution in [0.5, 0.6) is 0 Å². The van der Waals surface area contributed by atoms with Crippen molar-refractivity contribution >= 4 is 17.2 Å². The lowest BCUT2D eigenvalue weighted by atomic mass is 9.62. The molecule has 7 heteroatoms. The average Bonchev–Trinajstić information content (AvgIpc) is 3.10. The molecule has 1 aliphatic carbocycles. The predicted molar refractivity (Wildman–Crippen MR) is 91.4 cm³/mol. The van der Waals surface area contributed by atoms with E-state index in [-0.39, 0.29) is 17.4 Å². The first-order chi connectivity index (χ1) is 10.8. The molecule has 2 aromatic heterocycles. The summed E-state index contributed by atoms with van der Waals surface area (Å²) < 4.78 is 1.73. The van der Waals surface area contributed by atoms with Crippen molar-refractivity contribution in [3.63, 3.8) is 0 Å². The predicted octanol–water partition coefficient (Wildman–Crippen LogP) is 2.00. The number of thiazole rings is 1. The Morgan fingerprint density at radius 1 is 1.48 bits per heavy atom. The second kappa shape index (κ2) is 5.72. The molecule has 2 atom stereocenters. The third-order valence-electron chi connectivity index (χ3n) is 4.83. The number of amides is 1. The second-order valence-corrected chi connectivity index (χ2v) is 7.86. The van der Waals surface area contributed by atoms with E-state index in [1.807, 2.05) is 18.6 Å². The summed E-state index contributed by atoms with van der Waals surface area (Å²) in [6.07, 6.45) is 4.64. The average molecular weight is 333 g/mol. The van der Waals surface area contributed by atoms with Crippen molar-refractivity contribution in [3.05, 3.63) is 23.5 Å². The Hall–Kier alpha value is -1.73. The maximum absolute atomic E-state index is 12.5. The van der Waals surface area contributed by atoms with Crippen LogP contribution in [0.3, 0.4) is 0 Å². The summed E-state index contributed by atoms with van der Waals surface area (Å²) in [4.78, 5) is 19.1. The summed E-state index contributed by atoms with van der Waals surface area (Å²) in [5.74, 6) is -0.0910. The molecule has 0 aliphatic heterocycles. The quantitative estimate of drug-likeness (QED) is 0.929. The molecule has 2 heterocycles. The summed E-state index contributed by atoms with van der Waals surface area (Å²) in [5, 5.41) is 9.91. The van der Waals surface area contributed by atoms with Crippen molar-refractivity contribution in [1.29, 1.82) is 0 Å². The molecule has 2 unspecified atom stereocenters. The second-order valence-electron chi connectivity index (χ2n) is 7.00. The molecular formula is C16H23N5OS. The van der Waals surface area contributed by atoms with Crippen LogP contribution in [0, 0.1) is 5.41 Å². The van der Waals surface area contributed by atoms with Gasteiger partial charge < -0.3 is 10.2 Å². The summed E-state index contributed by atoms with van der Waals surface area (Å²) in [7, 11) is 6.04. The van der Waals surface area contributed by atoms with E-state index in [2.05, 4.69) is 48.2 Å². The minimum absolute atomic E-state index is 0.0708. The first-order valence-electron chi connectivity index (χ1n) is 7.71. The van der Waals surface area contributed by atoms with Gasteiger partial charge in [-0.15, -0.1) is 11.3 Å². The zero-order chi connectivity index (χ0) is 16.8. The summed E-state index contributed by atoms with van der Waals surface area (Å²) >= 11 is 1.47. The third-order valence-corrected chi connectivity index (χ3v) is 5.72. The SMILES string of the molecule is CN(C)C1CC(NC(=O)c2csc(-c3cnn(C)c3)n2)C1(C)C. The zero-order valence-electron chi connectivity index (χ0n) is 14.2. The highest BCUT2D eigenvalue weighted by molar-refractivity contribution is 7.13. The van der Waals surface area contributed by atoms with Crippen molar-refractivity contribution in [3.8, 4) is 10.6 Å². The number of rotatable bonds is 4. The molecule has 6 nitrogen and oxygen atoms in total. The van der Waals surface area contributed by atoms with Crippen LogP contribution in [-0.2, 0) is 7.05 Å². The Kier molecular flexibility index (Phi) is 4.01. The van der Waals surface area contributed by atoms with Crippen LogP contribution in [0.1, 0.15) is 30.8 Å².